The number of aromatic nitrogens is 1. The molecule has 18 heavy (non-hydrogen) atoms. The molecule has 1 aliphatic rings. The van der Waals surface area contributed by atoms with Crippen LogP contribution in [0.3, 0.4) is 0 Å². The third-order valence-electron chi connectivity index (χ3n) is 2.90. The molecule has 94 valence electrons. The smallest absolute Gasteiger partial charge is 0.255 e. The molecule has 1 saturated heterocycles. The van der Waals surface area contributed by atoms with Crippen molar-refractivity contribution in [3.05, 3.63) is 29.6 Å². The molecule has 0 atom stereocenters. The zero-order chi connectivity index (χ0) is 12.8. The molecule has 2 heterocycles. The molecule has 2 rings (SSSR count). The van der Waals surface area contributed by atoms with E-state index in [4.69, 9.17) is 5.11 Å². The summed E-state index contributed by atoms with van der Waals surface area (Å²) in [5, 5.41) is 8.70. The molecule has 1 aromatic heterocycles. The van der Waals surface area contributed by atoms with Crippen molar-refractivity contribution in [1.82, 2.24) is 9.88 Å². The van der Waals surface area contributed by atoms with Crippen LogP contribution in [0.1, 0.15) is 35.2 Å². The van der Waals surface area contributed by atoms with Crippen LogP contribution in [-0.2, 0) is 0 Å². The fourth-order valence-electron chi connectivity index (χ4n) is 1.98. The highest BCUT2D eigenvalue weighted by molar-refractivity contribution is 5.96. The van der Waals surface area contributed by atoms with Gasteiger partial charge in [0, 0.05) is 31.9 Å². The van der Waals surface area contributed by atoms with E-state index in [0.29, 0.717) is 17.5 Å². The number of aliphatic hydroxyl groups excluding tert-OH is 1. The minimum atomic E-state index is 0.0304. The molecule has 4 nitrogen and oxygen atoms in total. The molecule has 0 aliphatic carbocycles. The Labute approximate surface area is 107 Å². The number of pyridine rings is 1. The van der Waals surface area contributed by atoms with Crippen molar-refractivity contribution in [2.24, 2.45) is 0 Å². The van der Waals surface area contributed by atoms with Crippen LogP contribution in [0, 0.1) is 11.8 Å². The Morgan fingerprint density at radius 3 is 2.94 bits per heavy atom. The van der Waals surface area contributed by atoms with Gasteiger partial charge >= 0.3 is 0 Å². The van der Waals surface area contributed by atoms with E-state index in [0.717, 1.165) is 25.9 Å². The van der Waals surface area contributed by atoms with E-state index in [9.17, 15) is 4.79 Å². The molecule has 0 spiro atoms. The monoisotopic (exact) mass is 244 g/mol. The standard InChI is InChI=1S/C14H16N2O2/c17-10-4-1-5-12-11-15-7-6-13(12)14(18)16-8-2-3-9-16/h6-7,11,17H,2-4,8-10H2. The van der Waals surface area contributed by atoms with Crippen LogP contribution in [0.5, 0.6) is 0 Å². The van der Waals surface area contributed by atoms with Crippen LogP contribution in [0.15, 0.2) is 18.5 Å². The molecule has 0 saturated carbocycles. The minimum absolute atomic E-state index is 0.0304. The maximum absolute atomic E-state index is 12.3. The summed E-state index contributed by atoms with van der Waals surface area (Å²) in [7, 11) is 0. The van der Waals surface area contributed by atoms with E-state index in [1.165, 1.54) is 0 Å². The number of nitrogens with zero attached hydrogens (tertiary/aromatic N) is 2. The van der Waals surface area contributed by atoms with Crippen molar-refractivity contribution in [3.63, 3.8) is 0 Å². The van der Waals surface area contributed by atoms with Gasteiger partial charge in [-0.05, 0) is 18.9 Å². The van der Waals surface area contributed by atoms with Crippen LogP contribution in [-0.4, -0.2) is 40.6 Å². The predicted molar refractivity (Wildman–Crippen MR) is 68.0 cm³/mol. The van der Waals surface area contributed by atoms with Gasteiger partial charge in [0.1, 0.15) is 0 Å². The number of hydrogen-bond acceptors (Lipinski definition) is 3. The average Bonchev–Trinajstić information content (AvgIpc) is 2.93. The average molecular weight is 244 g/mol. The quantitative estimate of drug-likeness (QED) is 0.791. The summed E-state index contributed by atoms with van der Waals surface area (Å²) in [6, 6.07) is 1.71. The van der Waals surface area contributed by atoms with Gasteiger partial charge in [-0.3, -0.25) is 9.78 Å². The Balaban J connectivity index is 2.21. The minimum Gasteiger partial charge on any atom is -0.395 e. The summed E-state index contributed by atoms with van der Waals surface area (Å²) >= 11 is 0. The number of likely N-dealkylation sites (tertiary alicyclic amines) is 1. The van der Waals surface area contributed by atoms with Crippen LogP contribution in [0.2, 0.25) is 0 Å². The third-order valence-corrected chi connectivity index (χ3v) is 2.90. The number of hydrogen-bond donors (Lipinski definition) is 1. The lowest BCUT2D eigenvalue weighted by Gasteiger charge is -2.15. The summed E-state index contributed by atoms with van der Waals surface area (Å²) in [6.07, 6.45) is 5.77. The Kier molecular flexibility index (Phi) is 4.32. The van der Waals surface area contributed by atoms with Gasteiger partial charge < -0.3 is 10.0 Å². The highest BCUT2D eigenvalue weighted by Crippen LogP contribution is 2.14. The predicted octanol–water partition coefficient (Wildman–Crippen LogP) is 1.05. The number of rotatable bonds is 2. The van der Waals surface area contributed by atoms with Gasteiger partial charge in [-0.25, -0.2) is 0 Å². The molecule has 0 aromatic carbocycles. The van der Waals surface area contributed by atoms with Crippen LogP contribution >= 0.6 is 0 Å². The van der Waals surface area contributed by atoms with Crippen molar-refractivity contribution in [1.29, 1.82) is 0 Å². The van der Waals surface area contributed by atoms with Gasteiger partial charge in [0.05, 0.1) is 17.7 Å². The zero-order valence-electron chi connectivity index (χ0n) is 10.2. The lowest BCUT2D eigenvalue weighted by Crippen LogP contribution is -2.28. The van der Waals surface area contributed by atoms with Gasteiger partial charge in [0.2, 0.25) is 0 Å². The van der Waals surface area contributed by atoms with Crippen LogP contribution in [0.4, 0.5) is 0 Å². The molecular formula is C14H16N2O2. The largest absolute Gasteiger partial charge is 0.395 e. The molecule has 4 heteroatoms. The van der Waals surface area contributed by atoms with Gasteiger partial charge in [-0.1, -0.05) is 11.8 Å². The molecule has 1 aromatic rings. The molecule has 0 radical (unpaired) electrons. The van der Waals surface area contributed by atoms with Gasteiger partial charge in [0.15, 0.2) is 0 Å². The van der Waals surface area contributed by atoms with E-state index < -0.39 is 0 Å². The number of aliphatic hydroxyl groups is 1. The maximum Gasteiger partial charge on any atom is 0.255 e. The Morgan fingerprint density at radius 2 is 2.22 bits per heavy atom. The van der Waals surface area contributed by atoms with Crippen molar-refractivity contribution in [2.45, 2.75) is 19.3 Å². The number of carbonyl (C=O) groups excluding carboxylic acids is 1. The Bertz CT molecular complexity index is 482. The first-order valence-electron chi connectivity index (χ1n) is 6.16. The Hall–Kier alpha value is -1.86. The fourth-order valence-corrected chi connectivity index (χ4v) is 1.98. The summed E-state index contributed by atoms with van der Waals surface area (Å²) in [6.45, 7) is 1.68. The fraction of sp³-hybridized carbons (Fsp3) is 0.429. The lowest BCUT2D eigenvalue weighted by atomic mass is 10.1. The number of carbonyl (C=O) groups is 1. The van der Waals surface area contributed by atoms with E-state index in [1.807, 2.05) is 4.90 Å². The highest BCUT2D eigenvalue weighted by atomic mass is 16.2. The molecule has 1 N–H and O–H groups in total. The first-order valence-corrected chi connectivity index (χ1v) is 6.16. The zero-order valence-corrected chi connectivity index (χ0v) is 10.2. The summed E-state index contributed by atoms with van der Waals surface area (Å²) < 4.78 is 0. The van der Waals surface area contributed by atoms with E-state index in [1.54, 1.807) is 18.5 Å². The molecule has 1 fully saturated rings. The second-order valence-electron chi connectivity index (χ2n) is 4.20. The van der Waals surface area contributed by atoms with Crippen molar-refractivity contribution in [2.75, 3.05) is 19.7 Å². The molecule has 0 bridgehead atoms. The van der Waals surface area contributed by atoms with Gasteiger partial charge in [0.25, 0.3) is 5.91 Å². The molecule has 0 unspecified atom stereocenters. The SMILES string of the molecule is O=C(c1ccncc1C#CCCO)N1CCCC1. The maximum atomic E-state index is 12.3. The first kappa shape index (κ1) is 12.6. The molecule has 1 amide bonds. The first-order chi connectivity index (χ1) is 8.83. The van der Waals surface area contributed by atoms with E-state index in [2.05, 4.69) is 16.8 Å². The summed E-state index contributed by atoms with van der Waals surface area (Å²) in [4.78, 5) is 18.1. The highest BCUT2D eigenvalue weighted by Gasteiger charge is 2.21. The summed E-state index contributed by atoms with van der Waals surface area (Å²) in [5.74, 6) is 5.76. The normalized spacial score (nSPS) is 14.2. The van der Waals surface area contributed by atoms with E-state index >= 15 is 0 Å². The summed E-state index contributed by atoms with van der Waals surface area (Å²) in [5.41, 5.74) is 1.25. The Morgan fingerprint density at radius 1 is 1.44 bits per heavy atom. The van der Waals surface area contributed by atoms with Crippen molar-refractivity contribution >= 4 is 5.91 Å². The van der Waals surface area contributed by atoms with Crippen molar-refractivity contribution in [3.8, 4) is 11.8 Å². The lowest BCUT2D eigenvalue weighted by molar-refractivity contribution is 0.0792. The van der Waals surface area contributed by atoms with Crippen LogP contribution < -0.4 is 0 Å². The van der Waals surface area contributed by atoms with E-state index in [-0.39, 0.29) is 12.5 Å². The topological polar surface area (TPSA) is 53.4 Å². The van der Waals surface area contributed by atoms with Crippen LogP contribution in [0.25, 0.3) is 0 Å². The second-order valence-corrected chi connectivity index (χ2v) is 4.20. The second kappa shape index (κ2) is 6.18. The molecular weight excluding hydrogens is 228 g/mol. The number of amides is 1. The van der Waals surface area contributed by atoms with Gasteiger partial charge in [-0.15, -0.1) is 0 Å². The van der Waals surface area contributed by atoms with Gasteiger partial charge in [-0.2, -0.15) is 0 Å². The third kappa shape index (κ3) is 2.88. The van der Waals surface area contributed by atoms with Crippen molar-refractivity contribution < 1.29 is 9.90 Å². The molecule has 1 aliphatic heterocycles.